The van der Waals surface area contributed by atoms with Crippen LogP contribution in [0.15, 0.2) is 12.1 Å². The first-order valence-electron chi connectivity index (χ1n) is 8.42. The van der Waals surface area contributed by atoms with Crippen molar-refractivity contribution in [3.8, 4) is 11.5 Å². The van der Waals surface area contributed by atoms with Crippen molar-refractivity contribution >= 4 is 50.1 Å². The van der Waals surface area contributed by atoms with Crippen LogP contribution in [0.5, 0.6) is 11.5 Å². The van der Waals surface area contributed by atoms with E-state index in [4.69, 9.17) is 9.47 Å². The molecule has 2 aliphatic heterocycles. The number of benzene rings is 1. The summed E-state index contributed by atoms with van der Waals surface area (Å²) in [4.78, 5) is 2.52. The van der Waals surface area contributed by atoms with Crippen molar-refractivity contribution in [2.45, 2.75) is 49.3 Å². The van der Waals surface area contributed by atoms with E-state index in [9.17, 15) is 5.11 Å². The summed E-state index contributed by atoms with van der Waals surface area (Å²) in [5.41, 5.74) is 2.77. The number of hydrogen-bond acceptors (Lipinski definition) is 4. The monoisotopic (exact) mass is 379 g/mol. The van der Waals surface area contributed by atoms with E-state index >= 15 is 0 Å². The van der Waals surface area contributed by atoms with Crippen LogP contribution in [-0.4, -0.2) is 86.7 Å². The fourth-order valence-corrected chi connectivity index (χ4v) is 5.86. The molecule has 2 fully saturated rings. The van der Waals surface area contributed by atoms with Gasteiger partial charge in [-0.2, -0.15) is 0 Å². The third-order valence-corrected chi connectivity index (χ3v) is 6.77. The standard InChI is InChI=1S/C18H23NO3.Ca.ClH.2H/c1-19-8-7-18-11-4-5-13(20)17(18)22-16-14(21-2)6-3-10(15(16)18)9-12(11)19;;;;/h3,6,11-13,17,20H,4-5,7-9H2,1-2H3;;1H;;/t11-,12+,13-,17-,18-;;;;/m0..../s1. The number of likely N-dealkylation sites (tertiary alicyclic amines) is 1. The molecule has 130 valence electrons. The average molecular weight is 380 g/mol. The fourth-order valence-electron chi connectivity index (χ4n) is 5.86. The summed E-state index contributed by atoms with van der Waals surface area (Å²) in [6, 6.07) is 4.83. The number of piperidine rings is 1. The molecule has 0 aromatic heterocycles. The number of aliphatic hydroxyl groups excluding tert-OH is 1. The Morgan fingerprint density at radius 3 is 2.88 bits per heavy atom. The molecule has 1 aromatic carbocycles. The van der Waals surface area contributed by atoms with Crippen molar-refractivity contribution in [3.63, 3.8) is 0 Å². The van der Waals surface area contributed by atoms with Gasteiger partial charge in [0.2, 0.25) is 0 Å². The molecule has 1 spiro atoms. The summed E-state index contributed by atoms with van der Waals surface area (Å²) in [6.07, 6.45) is 3.69. The molecule has 0 radical (unpaired) electrons. The minimum absolute atomic E-state index is 0. The van der Waals surface area contributed by atoms with E-state index in [1.165, 1.54) is 11.1 Å². The number of halogens is 1. The Morgan fingerprint density at radius 1 is 1.33 bits per heavy atom. The van der Waals surface area contributed by atoms with E-state index in [0.29, 0.717) is 12.0 Å². The van der Waals surface area contributed by atoms with Crippen molar-refractivity contribution in [1.29, 1.82) is 0 Å². The van der Waals surface area contributed by atoms with Gasteiger partial charge in [-0.3, -0.25) is 0 Å². The van der Waals surface area contributed by atoms with Crippen LogP contribution in [0.4, 0.5) is 0 Å². The zero-order valence-electron chi connectivity index (χ0n) is 13.6. The maximum atomic E-state index is 10.6. The Labute approximate surface area is 179 Å². The third kappa shape index (κ3) is 2.17. The van der Waals surface area contributed by atoms with E-state index in [2.05, 4.69) is 18.0 Å². The van der Waals surface area contributed by atoms with Gasteiger partial charge in [0.15, 0.2) is 11.5 Å². The van der Waals surface area contributed by atoms with Crippen LogP contribution in [0.3, 0.4) is 0 Å². The molecule has 6 heteroatoms. The maximum absolute atomic E-state index is 10.6. The predicted octanol–water partition coefficient (Wildman–Crippen LogP) is 1.23. The predicted molar refractivity (Wildman–Crippen MR) is 98.3 cm³/mol. The molecular weight excluding hydrogens is 354 g/mol. The number of hydrogen-bond donors (Lipinski definition) is 1. The van der Waals surface area contributed by atoms with Gasteiger partial charge in [-0.1, -0.05) is 6.07 Å². The van der Waals surface area contributed by atoms with Gasteiger partial charge in [-0.15, -0.1) is 12.4 Å². The van der Waals surface area contributed by atoms with Crippen LogP contribution >= 0.6 is 12.4 Å². The Balaban J connectivity index is 0.000000845. The van der Waals surface area contributed by atoms with Crippen LogP contribution < -0.4 is 9.47 Å². The third-order valence-electron chi connectivity index (χ3n) is 6.77. The van der Waals surface area contributed by atoms with Gasteiger partial charge in [0, 0.05) is 17.0 Å². The zero-order valence-corrected chi connectivity index (χ0v) is 14.4. The number of methoxy groups -OCH3 is 1. The number of rotatable bonds is 1. The van der Waals surface area contributed by atoms with Gasteiger partial charge >= 0.3 is 37.7 Å². The SMILES string of the molecule is COc1ccc2c3c1O[C@H]1[C@@H](O)CC[C@H]4[C@@H](C2)N(C)CC[C@@]341.Cl.[CaH2]. The second-order valence-corrected chi connectivity index (χ2v) is 7.46. The molecule has 5 rings (SSSR count). The average Bonchev–Trinajstić information content (AvgIpc) is 2.88. The molecule has 1 aromatic rings. The quantitative estimate of drug-likeness (QED) is 0.745. The molecule has 5 atom stereocenters. The molecule has 2 heterocycles. The van der Waals surface area contributed by atoms with Crippen LogP contribution in [0.25, 0.3) is 0 Å². The summed E-state index contributed by atoms with van der Waals surface area (Å²) < 4.78 is 11.9. The zero-order chi connectivity index (χ0) is 15.1. The van der Waals surface area contributed by atoms with Crippen molar-refractivity contribution < 1.29 is 14.6 Å². The summed E-state index contributed by atoms with van der Waals surface area (Å²) in [5, 5.41) is 10.6. The normalized spacial score (nSPS) is 38.3. The van der Waals surface area contributed by atoms with Crippen molar-refractivity contribution in [2.75, 3.05) is 20.7 Å². The van der Waals surface area contributed by atoms with Crippen LogP contribution in [0.1, 0.15) is 30.4 Å². The Bertz CT molecular complexity index is 657. The number of ether oxygens (including phenoxy) is 2. The van der Waals surface area contributed by atoms with Gasteiger partial charge < -0.3 is 19.5 Å². The van der Waals surface area contributed by atoms with Gasteiger partial charge in [-0.05, 0) is 56.8 Å². The number of likely N-dealkylation sites (N-methyl/N-ethyl adjacent to an activating group) is 1. The molecule has 0 unspecified atom stereocenters. The first-order valence-corrected chi connectivity index (χ1v) is 8.42. The van der Waals surface area contributed by atoms with E-state index in [1.54, 1.807) is 7.11 Å². The molecule has 1 saturated carbocycles. The first-order chi connectivity index (χ1) is 10.7. The molecule has 1 saturated heterocycles. The second-order valence-electron chi connectivity index (χ2n) is 7.46. The summed E-state index contributed by atoms with van der Waals surface area (Å²) in [6.45, 7) is 1.09. The summed E-state index contributed by atoms with van der Waals surface area (Å²) in [7, 11) is 3.96. The molecule has 2 bridgehead atoms. The Hall–Kier alpha value is 0.290. The molecule has 24 heavy (non-hydrogen) atoms. The molecule has 2 aliphatic carbocycles. The van der Waals surface area contributed by atoms with Gasteiger partial charge in [0.1, 0.15) is 6.10 Å². The van der Waals surface area contributed by atoms with Gasteiger partial charge in [-0.25, -0.2) is 0 Å². The van der Waals surface area contributed by atoms with E-state index in [-0.39, 0.29) is 67.8 Å². The number of aliphatic hydroxyl groups is 1. The van der Waals surface area contributed by atoms with E-state index in [0.717, 1.165) is 43.7 Å². The van der Waals surface area contributed by atoms with E-state index < -0.39 is 0 Å². The van der Waals surface area contributed by atoms with Crippen molar-refractivity contribution in [2.24, 2.45) is 5.92 Å². The Morgan fingerprint density at radius 2 is 2.12 bits per heavy atom. The molecular formula is C18H26CaClNO3. The van der Waals surface area contributed by atoms with Gasteiger partial charge in [0.25, 0.3) is 0 Å². The van der Waals surface area contributed by atoms with Crippen molar-refractivity contribution in [1.82, 2.24) is 4.90 Å². The van der Waals surface area contributed by atoms with Gasteiger partial charge in [0.05, 0.1) is 13.2 Å². The minimum atomic E-state index is -0.358. The van der Waals surface area contributed by atoms with Crippen LogP contribution in [0, 0.1) is 5.92 Å². The van der Waals surface area contributed by atoms with Crippen LogP contribution in [0.2, 0.25) is 0 Å². The second kappa shape index (κ2) is 6.47. The first kappa shape index (κ1) is 19.1. The fraction of sp³-hybridized carbons (Fsp3) is 0.667. The number of nitrogens with zero attached hydrogens (tertiary/aromatic N) is 1. The van der Waals surface area contributed by atoms with Crippen molar-refractivity contribution in [3.05, 3.63) is 23.3 Å². The summed E-state index contributed by atoms with van der Waals surface area (Å²) >= 11 is 0. The van der Waals surface area contributed by atoms with E-state index in [1.807, 2.05) is 6.07 Å². The molecule has 1 N–H and O–H groups in total. The molecule has 4 aliphatic rings. The molecule has 0 amide bonds. The molecule has 4 nitrogen and oxygen atoms in total. The Kier molecular flexibility index (Phi) is 5.14. The summed E-state index contributed by atoms with van der Waals surface area (Å²) in [5.74, 6) is 2.34. The topological polar surface area (TPSA) is 41.9 Å². The van der Waals surface area contributed by atoms with Crippen LogP contribution in [-0.2, 0) is 11.8 Å².